The van der Waals surface area contributed by atoms with Gasteiger partial charge in [-0.25, -0.2) is 0 Å². The zero-order chi connectivity index (χ0) is 7.14. The van der Waals surface area contributed by atoms with Crippen LogP contribution in [0.4, 0.5) is 0 Å². The summed E-state index contributed by atoms with van der Waals surface area (Å²) in [6.45, 7) is 4.49. The standard InChI is InChI=1S/C9H17N/c1-6(2)10-9-7-4-3-5-8(7)9/h6-10H,3-5H2,1-2H3/t7-,8+,9?. The molecule has 10 heavy (non-hydrogen) atoms. The Labute approximate surface area is 63.2 Å². The molecule has 3 atom stereocenters. The SMILES string of the molecule is CC(C)NC1[C@H]2CCC[C@@H]12. The van der Waals surface area contributed by atoms with Gasteiger partial charge in [0, 0.05) is 12.1 Å². The van der Waals surface area contributed by atoms with Crippen LogP contribution in [0.5, 0.6) is 0 Å². The second-order valence-electron chi connectivity index (χ2n) is 4.11. The summed E-state index contributed by atoms with van der Waals surface area (Å²) in [5.41, 5.74) is 0. The van der Waals surface area contributed by atoms with Gasteiger partial charge in [-0.3, -0.25) is 0 Å². The Hall–Kier alpha value is -0.0400. The van der Waals surface area contributed by atoms with E-state index < -0.39 is 0 Å². The number of fused-ring (bicyclic) bond motifs is 1. The number of rotatable bonds is 2. The highest BCUT2D eigenvalue weighted by Crippen LogP contribution is 2.51. The summed E-state index contributed by atoms with van der Waals surface area (Å²) in [4.78, 5) is 0. The Morgan fingerprint density at radius 3 is 2.30 bits per heavy atom. The van der Waals surface area contributed by atoms with Crippen LogP contribution in [0.1, 0.15) is 33.1 Å². The van der Waals surface area contributed by atoms with E-state index in [0.29, 0.717) is 6.04 Å². The van der Waals surface area contributed by atoms with Crippen molar-refractivity contribution in [2.75, 3.05) is 0 Å². The van der Waals surface area contributed by atoms with Gasteiger partial charge in [0.2, 0.25) is 0 Å². The highest BCUT2D eigenvalue weighted by molar-refractivity contribution is 5.06. The van der Waals surface area contributed by atoms with Crippen LogP contribution in [0.3, 0.4) is 0 Å². The van der Waals surface area contributed by atoms with Gasteiger partial charge in [0.05, 0.1) is 0 Å². The molecule has 0 aromatic rings. The topological polar surface area (TPSA) is 12.0 Å². The molecule has 0 bridgehead atoms. The van der Waals surface area contributed by atoms with Gasteiger partial charge >= 0.3 is 0 Å². The van der Waals surface area contributed by atoms with Crippen LogP contribution in [0.25, 0.3) is 0 Å². The van der Waals surface area contributed by atoms with Gasteiger partial charge in [0.25, 0.3) is 0 Å². The predicted octanol–water partition coefficient (Wildman–Crippen LogP) is 1.78. The Kier molecular flexibility index (Phi) is 1.48. The minimum absolute atomic E-state index is 0.690. The highest BCUT2D eigenvalue weighted by Gasteiger charge is 2.52. The molecular weight excluding hydrogens is 122 g/mol. The van der Waals surface area contributed by atoms with Gasteiger partial charge in [0.1, 0.15) is 0 Å². The molecular formula is C9H17N. The number of hydrogen-bond donors (Lipinski definition) is 1. The molecule has 2 saturated carbocycles. The lowest BCUT2D eigenvalue weighted by Gasteiger charge is -2.08. The van der Waals surface area contributed by atoms with Crippen molar-refractivity contribution < 1.29 is 0 Å². The normalized spacial score (nSPS) is 44.1. The molecule has 0 amide bonds. The number of hydrogen-bond acceptors (Lipinski definition) is 1. The smallest absolute Gasteiger partial charge is 0.0132 e. The average molecular weight is 139 g/mol. The van der Waals surface area contributed by atoms with Crippen molar-refractivity contribution in [2.24, 2.45) is 11.8 Å². The Bertz CT molecular complexity index is 121. The van der Waals surface area contributed by atoms with E-state index in [1.54, 1.807) is 0 Å². The molecule has 1 nitrogen and oxygen atoms in total. The molecule has 2 aliphatic carbocycles. The maximum Gasteiger partial charge on any atom is 0.0132 e. The monoisotopic (exact) mass is 139 g/mol. The van der Waals surface area contributed by atoms with Crippen LogP contribution in [0.2, 0.25) is 0 Å². The van der Waals surface area contributed by atoms with E-state index in [-0.39, 0.29) is 0 Å². The van der Waals surface area contributed by atoms with Crippen LogP contribution in [0.15, 0.2) is 0 Å². The summed E-state index contributed by atoms with van der Waals surface area (Å²) in [6, 6.07) is 1.60. The summed E-state index contributed by atoms with van der Waals surface area (Å²) < 4.78 is 0. The fourth-order valence-corrected chi connectivity index (χ4v) is 2.45. The molecule has 1 N–H and O–H groups in total. The third kappa shape index (κ3) is 0.968. The Morgan fingerprint density at radius 2 is 1.80 bits per heavy atom. The van der Waals surface area contributed by atoms with Crippen molar-refractivity contribution in [3.63, 3.8) is 0 Å². The first-order valence-corrected chi connectivity index (χ1v) is 4.55. The maximum atomic E-state index is 3.62. The molecule has 2 fully saturated rings. The molecule has 0 aromatic carbocycles. The van der Waals surface area contributed by atoms with Gasteiger partial charge in [-0.15, -0.1) is 0 Å². The van der Waals surface area contributed by atoms with E-state index in [1.165, 1.54) is 19.3 Å². The molecule has 58 valence electrons. The maximum absolute atomic E-state index is 3.62. The minimum atomic E-state index is 0.690. The van der Waals surface area contributed by atoms with Crippen molar-refractivity contribution in [1.29, 1.82) is 0 Å². The molecule has 0 aliphatic heterocycles. The van der Waals surface area contributed by atoms with Crippen LogP contribution >= 0.6 is 0 Å². The number of nitrogens with one attached hydrogen (secondary N) is 1. The van der Waals surface area contributed by atoms with Crippen molar-refractivity contribution in [1.82, 2.24) is 5.32 Å². The summed E-state index contributed by atoms with van der Waals surface area (Å²) in [5.74, 6) is 2.14. The molecule has 0 radical (unpaired) electrons. The molecule has 0 heterocycles. The van der Waals surface area contributed by atoms with Crippen molar-refractivity contribution in [3.8, 4) is 0 Å². The van der Waals surface area contributed by atoms with Gasteiger partial charge < -0.3 is 5.32 Å². The second kappa shape index (κ2) is 2.23. The van der Waals surface area contributed by atoms with Gasteiger partial charge in [0.15, 0.2) is 0 Å². The Balaban J connectivity index is 1.79. The van der Waals surface area contributed by atoms with Crippen molar-refractivity contribution in [3.05, 3.63) is 0 Å². The molecule has 0 saturated heterocycles. The van der Waals surface area contributed by atoms with Crippen LogP contribution in [0, 0.1) is 11.8 Å². The van der Waals surface area contributed by atoms with Crippen LogP contribution in [-0.4, -0.2) is 12.1 Å². The lowest BCUT2D eigenvalue weighted by molar-refractivity contribution is 0.509. The van der Waals surface area contributed by atoms with Crippen molar-refractivity contribution >= 4 is 0 Å². The molecule has 1 heteroatoms. The van der Waals surface area contributed by atoms with E-state index in [0.717, 1.165) is 17.9 Å². The van der Waals surface area contributed by atoms with E-state index in [1.807, 2.05) is 0 Å². The fourth-order valence-electron chi connectivity index (χ4n) is 2.45. The first-order chi connectivity index (χ1) is 4.79. The first-order valence-electron chi connectivity index (χ1n) is 4.55. The predicted molar refractivity (Wildman–Crippen MR) is 42.9 cm³/mol. The first kappa shape index (κ1) is 6.66. The average Bonchev–Trinajstić information content (AvgIpc) is 2.40. The molecule has 0 spiro atoms. The summed E-state index contributed by atoms with van der Waals surface area (Å²) in [5, 5.41) is 3.62. The lowest BCUT2D eigenvalue weighted by atomic mass is 10.2. The summed E-state index contributed by atoms with van der Waals surface area (Å²) in [6.07, 6.45) is 4.48. The van der Waals surface area contributed by atoms with Crippen LogP contribution in [-0.2, 0) is 0 Å². The highest BCUT2D eigenvalue weighted by atomic mass is 15.0. The fraction of sp³-hybridized carbons (Fsp3) is 1.00. The third-order valence-corrected chi connectivity index (χ3v) is 2.93. The Morgan fingerprint density at radius 1 is 1.20 bits per heavy atom. The molecule has 2 aliphatic rings. The molecule has 1 unspecified atom stereocenters. The third-order valence-electron chi connectivity index (χ3n) is 2.93. The van der Waals surface area contributed by atoms with Gasteiger partial charge in [-0.05, 0) is 24.7 Å². The zero-order valence-corrected chi connectivity index (χ0v) is 6.93. The summed E-state index contributed by atoms with van der Waals surface area (Å²) >= 11 is 0. The van der Waals surface area contributed by atoms with E-state index in [4.69, 9.17) is 0 Å². The van der Waals surface area contributed by atoms with Crippen LogP contribution < -0.4 is 5.32 Å². The van der Waals surface area contributed by atoms with E-state index in [2.05, 4.69) is 19.2 Å². The van der Waals surface area contributed by atoms with Gasteiger partial charge in [-0.1, -0.05) is 20.3 Å². The van der Waals surface area contributed by atoms with Crippen molar-refractivity contribution in [2.45, 2.75) is 45.2 Å². The second-order valence-corrected chi connectivity index (χ2v) is 4.11. The largest absolute Gasteiger partial charge is 0.311 e. The molecule has 2 rings (SSSR count). The van der Waals surface area contributed by atoms with E-state index in [9.17, 15) is 0 Å². The summed E-state index contributed by atoms with van der Waals surface area (Å²) in [7, 11) is 0. The minimum Gasteiger partial charge on any atom is -0.311 e. The lowest BCUT2D eigenvalue weighted by Crippen LogP contribution is -2.27. The quantitative estimate of drug-likeness (QED) is 0.615. The molecule has 0 aromatic heterocycles. The van der Waals surface area contributed by atoms with E-state index >= 15 is 0 Å². The zero-order valence-electron chi connectivity index (χ0n) is 6.93. The van der Waals surface area contributed by atoms with Gasteiger partial charge in [-0.2, -0.15) is 0 Å².